The Labute approximate surface area is 155 Å². The van der Waals surface area contributed by atoms with Gasteiger partial charge in [0, 0.05) is 24.4 Å². The van der Waals surface area contributed by atoms with Gasteiger partial charge in [0.05, 0.1) is 19.8 Å². The summed E-state index contributed by atoms with van der Waals surface area (Å²) in [5.74, 6) is 1.17. The molecule has 0 saturated heterocycles. The molecule has 2 rings (SSSR count). The minimum absolute atomic E-state index is 0.174. The van der Waals surface area contributed by atoms with E-state index in [1.165, 1.54) is 0 Å². The van der Waals surface area contributed by atoms with Gasteiger partial charge >= 0.3 is 0 Å². The number of rotatable bonds is 10. The Kier molecular flexibility index (Phi) is 7.96. The lowest BCUT2D eigenvalue weighted by molar-refractivity contribution is 0.102. The van der Waals surface area contributed by atoms with Crippen LogP contribution in [0.1, 0.15) is 42.6 Å². The third-order valence-corrected chi connectivity index (χ3v) is 3.63. The first-order valence-electron chi connectivity index (χ1n) is 8.96. The average Bonchev–Trinajstić information content (AvgIpc) is 2.66. The molecule has 0 saturated carbocycles. The highest BCUT2D eigenvalue weighted by atomic mass is 16.5. The van der Waals surface area contributed by atoms with Gasteiger partial charge in [0.2, 0.25) is 0 Å². The fourth-order valence-electron chi connectivity index (χ4n) is 2.41. The number of hydrogen-bond donors (Lipinski definition) is 1. The van der Waals surface area contributed by atoms with Crippen molar-refractivity contribution >= 4 is 11.6 Å². The first-order valence-corrected chi connectivity index (χ1v) is 8.96. The highest BCUT2D eigenvalue weighted by molar-refractivity contribution is 6.04. The molecule has 0 heterocycles. The lowest BCUT2D eigenvalue weighted by Crippen LogP contribution is -2.12. The summed E-state index contributed by atoms with van der Waals surface area (Å²) < 4.78 is 16.6. The summed E-state index contributed by atoms with van der Waals surface area (Å²) in [4.78, 5) is 12.5. The van der Waals surface area contributed by atoms with Gasteiger partial charge in [-0.05, 0) is 42.7 Å². The molecule has 0 aliphatic rings. The number of carbonyl (C=O) groups is 1. The molecule has 1 amide bonds. The van der Waals surface area contributed by atoms with Crippen LogP contribution in [0.2, 0.25) is 0 Å². The van der Waals surface area contributed by atoms with E-state index in [1.54, 1.807) is 19.2 Å². The van der Waals surface area contributed by atoms with E-state index < -0.39 is 0 Å². The zero-order chi connectivity index (χ0) is 18.8. The van der Waals surface area contributed by atoms with Gasteiger partial charge in [0.1, 0.15) is 0 Å². The average molecular weight is 357 g/mol. The van der Waals surface area contributed by atoms with Crippen LogP contribution < -0.4 is 14.8 Å². The minimum Gasteiger partial charge on any atom is -0.490 e. The highest BCUT2D eigenvalue weighted by Crippen LogP contribution is 2.31. The Bertz CT molecular complexity index is 715. The molecule has 2 aromatic carbocycles. The first-order chi connectivity index (χ1) is 12.7. The zero-order valence-corrected chi connectivity index (χ0v) is 15.7. The molecule has 1 N–H and O–H groups in total. The van der Waals surface area contributed by atoms with Crippen molar-refractivity contribution in [2.45, 2.75) is 33.3 Å². The lowest BCUT2D eigenvalue weighted by Gasteiger charge is -2.14. The van der Waals surface area contributed by atoms with E-state index in [9.17, 15) is 4.79 Å². The van der Waals surface area contributed by atoms with Crippen molar-refractivity contribution in [3.05, 3.63) is 53.6 Å². The second kappa shape index (κ2) is 10.5. The fourth-order valence-corrected chi connectivity index (χ4v) is 2.41. The lowest BCUT2D eigenvalue weighted by atomic mass is 10.1. The second-order valence-corrected chi connectivity index (χ2v) is 5.95. The number of ether oxygens (including phenoxy) is 3. The number of nitrogens with one attached hydrogen (secondary N) is 1. The predicted octanol–water partition coefficient (Wildman–Crippen LogP) is 4.66. The largest absolute Gasteiger partial charge is 0.490 e. The van der Waals surface area contributed by atoms with Gasteiger partial charge in [0.25, 0.3) is 5.91 Å². The summed E-state index contributed by atoms with van der Waals surface area (Å²) in [6, 6.07) is 12.8. The van der Waals surface area contributed by atoms with Crippen molar-refractivity contribution < 1.29 is 19.0 Å². The van der Waals surface area contributed by atoms with Crippen molar-refractivity contribution in [1.29, 1.82) is 0 Å². The third-order valence-electron chi connectivity index (χ3n) is 3.63. The van der Waals surface area contributed by atoms with Crippen LogP contribution >= 0.6 is 0 Å². The molecule has 140 valence electrons. The van der Waals surface area contributed by atoms with Crippen LogP contribution in [0.25, 0.3) is 0 Å². The van der Waals surface area contributed by atoms with E-state index >= 15 is 0 Å². The molecule has 26 heavy (non-hydrogen) atoms. The van der Waals surface area contributed by atoms with Crippen LogP contribution in [0.4, 0.5) is 5.69 Å². The van der Waals surface area contributed by atoms with Gasteiger partial charge in [-0.1, -0.05) is 26.0 Å². The third kappa shape index (κ3) is 5.77. The summed E-state index contributed by atoms with van der Waals surface area (Å²) in [5, 5.41) is 2.91. The number of hydrogen-bond acceptors (Lipinski definition) is 4. The molecular weight excluding hydrogens is 330 g/mol. The quantitative estimate of drug-likeness (QED) is 0.672. The van der Waals surface area contributed by atoms with E-state index in [0.29, 0.717) is 42.6 Å². The van der Waals surface area contributed by atoms with Gasteiger partial charge < -0.3 is 19.5 Å². The van der Waals surface area contributed by atoms with Crippen molar-refractivity contribution in [3.63, 3.8) is 0 Å². The highest BCUT2D eigenvalue weighted by Gasteiger charge is 2.11. The molecule has 5 heteroatoms. The van der Waals surface area contributed by atoms with Crippen molar-refractivity contribution in [2.24, 2.45) is 0 Å². The number of carbonyl (C=O) groups excluding carboxylic acids is 1. The van der Waals surface area contributed by atoms with Crippen LogP contribution in [0, 0.1) is 0 Å². The monoisotopic (exact) mass is 357 g/mol. The summed E-state index contributed by atoms with van der Waals surface area (Å²) >= 11 is 0. The van der Waals surface area contributed by atoms with Gasteiger partial charge in [-0.2, -0.15) is 0 Å². The van der Waals surface area contributed by atoms with Gasteiger partial charge in [-0.3, -0.25) is 4.79 Å². The summed E-state index contributed by atoms with van der Waals surface area (Å²) in [6.45, 7) is 5.79. The van der Waals surface area contributed by atoms with E-state index in [2.05, 4.69) is 12.2 Å². The van der Waals surface area contributed by atoms with Gasteiger partial charge in [-0.25, -0.2) is 0 Å². The molecule has 2 aromatic rings. The van der Waals surface area contributed by atoms with Crippen molar-refractivity contribution in [1.82, 2.24) is 0 Å². The Morgan fingerprint density at radius 3 is 2.38 bits per heavy atom. The fraction of sp³-hybridized carbons (Fsp3) is 0.381. The maximum absolute atomic E-state index is 12.5. The Hall–Kier alpha value is -2.53. The van der Waals surface area contributed by atoms with Crippen LogP contribution in [-0.2, 0) is 11.3 Å². The van der Waals surface area contributed by atoms with Crippen LogP contribution in [0.5, 0.6) is 11.5 Å². The van der Waals surface area contributed by atoms with Crippen molar-refractivity contribution in [3.8, 4) is 11.5 Å². The number of anilines is 1. The molecule has 5 nitrogen and oxygen atoms in total. The molecule has 0 atom stereocenters. The first kappa shape index (κ1) is 19.8. The molecule has 0 aliphatic heterocycles. The SMILES string of the molecule is CCCOc1ccc(NC(=O)c2cccc(COC)c2)cc1OCCC. The molecule has 0 radical (unpaired) electrons. The summed E-state index contributed by atoms with van der Waals surface area (Å²) in [5.41, 5.74) is 2.21. The molecular formula is C21H27NO4. The molecule has 0 aromatic heterocycles. The second-order valence-electron chi connectivity index (χ2n) is 5.95. The molecule has 0 unspecified atom stereocenters. The molecule has 0 bridgehead atoms. The van der Waals surface area contributed by atoms with Crippen LogP contribution in [0.15, 0.2) is 42.5 Å². The predicted molar refractivity (Wildman–Crippen MR) is 103 cm³/mol. The number of benzene rings is 2. The van der Waals surface area contributed by atoms with Crippen molar-refractivity contribution in [2.75, 3.05) is 25.6 Å². The smallest absolute Gasteiger partial charge is 0.255 e. The number of methoxy groups -OCH3 is 1. The maximum atomic E-state index is 12.5. The Morgan fingerprint density at radius 1 is 0.962 bits per heavy atom. The Morgan fingerprint density at radius 2 is 1.69 bits per heavy atom. The summed E-state index contributed by atoms with van der Waals surface area (Å²) in [6.07, 6.45) is 1.82. The molecule has 0 spiro atoms. The zero-order valence-electron chi connectivity index (χ0n) is 15.7. The topological polar surface area (TPSA) is 56.8 Å². The van der Waals surface area contributed by atoms with E-state index in [1.807, 2.05) is 37.3 Å². The standard InChI is InChI=1S/C21H27NO4/c1-4-11-25-19-10-9-18(14-20(19)26-12-5-2)22-21(23)17-8-6-7-16(13-17)15-24-3/h6-10,13-14H,4-5,11-12,15H2,1-3H3,(H,22,23). The van der Waals surface area contributed by atoms with Crippen LogP contribution in [-0.4, -0.2) is 26.2 Å². The van der Waals surface area contributed by atoms with E-state index in [4.69, 9.17) is 14.2 Å². The Balaban J connectivity index is 2.14. The van der Waals surface area contributed by atoms with Gasteiger partial charge in [0.15, 0.2) is 11.5 Å². The molecule has 0 aliphatic carbocycles. The van der Waals surface area contributed by atoms with E-state index in [-0.39, 0.29) is 5.91 Å². The number of amides is 1. The van der Waals surface area contributed by atoms with Gasteiger partial charge in [-0.15, -0.1) is 0 Å². The molecule has 0 fully saturated rings. The van der Waals surface area contributed by atoms with E-state index in [0.717, 1.165) is 18.4 Å². The minimum atomic E-state index is -0.174. The maximum Gasteiger partial charge on any atom is 0.255 e. The van der Waals surface area contributed by atoms with Crippen LogP contribution in [0.3, 0.4) is 0 Å². The summed E-state index contributed by atoms with van der Waals surface area (Å²) in [7, 11) is 1.63. The normalized spacial score (nSPS) is 10.4.